The second-order valence-electron chi connectivity index (χ2n) is 6.08. The van der Waals surface area contributed by atoms with Gasteiger partial charge in [0.25, 0.3) is 0 Å². The van der Waals surface area contributed by atoms with Gasteiger partial charge in [0.1, 0.15) is 5.75 Å². The van der Waals surface area contributed by atoms with Gasteiger partial charge < -0.3 is 4.74 Å². The molecule has 0 heterocycles. The number of benzene rings is 1. The Bertz CT molecular complexity index is 362. The number of ether oxygens (including phenoxy) is 1. The molecule has 2 rings (SSSR count). The van der Waals surface area contributed by atoms with Gasteiger partial charge in [-0.05, 0) is 67.6 Å². The first-order valence-corrected chi connectivity index (χ1v) is 7.32. The highest BCUT2D eigenvalue weighted by Gasteiger charge is 2.23. The molecule has 0 unspecified atom stereocenters. The first-order chi connectivity index (χ1) is 8.69. The third-order valence-corrected chi connectivity index (χ3v) is 4.49. The van der Waals surface area contributed by atoms with Gasteiger partial charge in [-0.15, -0.1) is 0 Å². The highest BCUT2D eigenvalue weighted by Crippen LogP contribution is 2.35. The molecule has 0 atom stereocenters. The predicted octanol–water partition coefficient (Wildman–Crippen LogP) is 4.70. The molecule has 1 nitrogen and oxygen atoms in total. The van der Waals surface area contributed by atoms with Gasteiger partial charge in [0.15, 0.2) is 0 Å². The fourth-order valence-electron chi connectivity index (χ4n) is 3.19. The summed E-state index contributed by atoms with van der Waals surface area (Å²) in [4.78, 5) is 0. The molecule has 1 heteroatoms. The van der Waals surface area contributed by atoms with Crippen LogP contribution >= 0.6 is 0 Å². The van der Waals surface area contributed by atoms with E-state index in [2.05, 4.69) is 32.0 Å². The maximum Gasteiger partial charge on any atom is 0.119 e. The topological polar surface area (TPSA) is 9.23 Å². The van der Waals surface area contributed by atoms with Crippen LogP contribution in [0.25, 0.3) is 0 Å². The highest BCUT2D eigenvalue weighted by molar-refractivity contribution is 5.28. The Morgan fingerprint density at radius 3 is 2.50 bits per heavy atom. The lowest BCUT2D eigenvalue weighted by molar-refractivity contribution is 0.223. The summed E-state index contributed by atoms with van der Waals surface area (Å²) in [5, 5.41) is 0. The van der Waals surface area contributed by atoms with Crippen molar-refractivity contribution >= 4 is 0 Å². The van der Waals surface area contributed by atoms with Crippen LogP contribution in [0.1, 0.15) is 45.1 Å². The van der Waals surface area contributed by atoms with E-state index in [9.17, 15) is 0 Å². The molecule has 0 saturated heterocycles. The third kappa shape index (κ3) is 3.51. The van der Waals surface area contributed by atoms with E-state index in [1.807, 2.05) is 6.07 Å². The van der Waals surface area contributed by atoms with Gasteiger partial charge in [0.05, 0.1) is 7.11 Å². The van der Waals surface area contributed by atoms with E-state index in [0.717, 1.165) is 23.5 Å². The standard InChI is InChI=1S/C17H26O/c1-13(2)16-9-7-14(8-10-16)11-15-5-4-6-17(12-15)18-3/h4-6,12-14,16H,7-11H2,1-3H3. The van der Waals surface area contributed by atoms with E-state index in [1.54, 1.807) is 7.11 Å². The van der Waals surface area contributed by atoms with Crippen LogP contribution in [-0.4, -0.2) is 7.11 Å². The molecule has 0 bridgehead atoms. The van der Waals surface area contributed by atoms with Gasteiger partial charge in [0.2, 0.25) is 0 Å². The number of hydrogen-bond donors (Lipinski definition) is 0. The zero-order valence-corrected chi connectivity index (χ0v) is 12.0. The largest absolute Gasteiger partial charge is 0.497 e. The van der Waals surface area contributed by atoms with E-state index in [4.69, 9.17) is 4.74 Å². The summed E-state index contributed by atoms with van der Waals surface area (Å²) in [6.45, 7) is 4.74. The molecule has 1 aliphatic carbocycles. The molecular formula is C17H26O. The van der Waals surface area contributed by atoms with Crippen molar-refractivity contribution in [2.75, 3.05) is 7.11 Å². The minimum atomic E-state index is 0.864. The number of methoxy groups -OCH3 is 1. The lowest BCUT2D eigenvalue weighted by atomic mass is 9.75. The van der Waals surface area contributed by atoms with Crippen molar-refractivity contribution in [2.45, 2.75) is 46.0 Å². The Labute approximate surface area is 112 Å². The Balaban J connectivity index is 1.87. The monoisotopic (exact) mass is 246 g/mol. The van der Waals surface area contributed by atoms with Crippen molar-refractivity contribution in [3.05, 3.63) is 29.8 Å². The van der Waals surface area contributed by atoms with Crippen molar-refractivity contribution < 1.29 is 4.74 Å². The predicted molar refractivity (Wildman–Crippen MR) is 77.0 cm³/mol. The molecule has 100 valence electrons. The molecule has 0 radical (unpaired) electrons. The molecule has 1 aromatic rings. The Morgan fingerprint density at radius 2 is 1.89 bits per heavy atom. The molecule has 0 aromatic heterocycles. The van der Waals surface area contributed by atoms with Crippen LogP contribution in [0.5, 0.6) is 5.75 Å². The lowest BCUT2D eigenvalue weighted by Crippen LogP contribution is -2.19. The summed E-state index contributed by atoms with van der Waals surface area (Å²) in [6, 6.07) is 8.55. The Kier molecular flexibility index (Phi) is 4.68. The average Bonchev–Trinajstić information content (AvgIpc) is 2.39. The zero-order valence-electron chi connectivity index (χ0n) is 12.0. The molecule has 0 N–H and O–H groups in total. The molecule has 0 amide bonds. The van der Waals surface area contributed by atoms with Crippen LogP contribution in [-0.2, 0) is 6.42 Å². The molecule has 0 spiro atoms. The molecule has 0 aliphatic heterocycles. The van der Waals surface area contributed by atoms with Crippen molar-refractivity contribution in [1.29, 1.82) is 0 Å². The first-order valence-electron chi connectivity index (χ1n) is 7.32. The molecule has 1 aliphatic rings. The molecule has 1 aromatic carbocycles. The van der Waals surface area contributed by atoms with Crippen LogP contribution in [0.4, 0.5) is 0 Å². The second kappa shape index (κ2) is 6.26. The smallest absolute Gasteiger partial charge is 0.119 e. The lowest BCUT2D eigenvalue weighted by Gasteiger charge is -2.31. The maximum absolute atomic E-state index is 5.29. The van der Waals surface area contributed by atoms with E-state index < -0.39 is 0 Å². The van der Waals surface area contributed by atoms with Crippen molar-refractivity contribution in [3.8, 4) is 5.75 Å². The van der Waals surface area contributed by atoms with Gasteiger partial charge >= 0.3 is 0 Å². The maximum atomic E-state index is 5.29. The SMILES string of the molecule is COc1cccc(CC2CCC(C(C)C)CC2)c1. The zero-order chi connectivity index (χ0) is 13.0. The van der Waals surface area contributed by atoms with Crippen molar-refractivity contribution in [3.63, 3.8) is 0 Å². The highest BCUT2D eigenvalue weighted by atomic mass is 16.5. The van der Waals surface area contributed by atoms with Gasteiger partial charge in [-0.1, -0.05) is 26.0 Å². The quantitative estimate of drug-likeness (QED) is 0.748. The second-order valence-corrected chi connectivity index (χ2v) is 6.08. The van der Waals surface area contributed by atoms with Crippen molar-refractivity contribution in [2.24, 2.45) is 17.8 Å². The van der Waals surface area contributed by atoms with Gasteiger partial charge in [-0.2, -0.15) is 0 Å². The Hall–Kier alpha value is -0.980. The first kappa shape index (κ1) is 13.5. The summed E-state index contributed by atoms with van der Waals surface area (Å²) >= 11 is 0. The van der Waals surface area contributed by atoms with E-state index >= 15 is 0 Å². The normalized spacial score (nSPS) is 24.2. The number of rotatable bonds is 4. The van der Waals surface area contributed by atoms with Crippen LogP contribution < -0.4 is 4.74 Å². The summed E-state index contributed by atoms with van der Waals surface area (Å²) < 4.78 is 5.29. The van der Waals surface area contributed by atoms with Gasteiger partial charge in [-0.25, -0.2) is 0 Å². The van der Waals surface area contributed by atoms with E-state index in [1.165, 1.54) is 37.7 Å². The summed E-state index contributed by atoms with van der Waals surface area (Å²) in [5.74, 6) is 3.70. The molecule has 1 fully saturated rings. The third-order valence-electron chi connectivity index (χ3n) is 4.49. The molecule has 18 heavy (non-hydrogen) atoms. The summed E-state index contributed by atoms with van der Waals surface area (Å²) in [5.41, 5.74) is 1.43. The minimum Gasteiger partial charge on any atom is -0.497 e. The molecule has 1 saturated carbocycles. The van der Waals surface area contributed by atoms with Crippen LogP contribution in [0.2, 0.25) is 0 Å². The number of hydrogen-bond acceptors (Lipinski definition) is 1. The summed E-state index contributed by atoms with van der Waals surface area (Å²) in [7, 11) is 1.74. The average molecular weight is 246 g/mol. The van der Waals surface area contributed by atoms with E-state index in [-0.39, 0.29) is 0 Å². The van der Waals surface area contributed by atoms with Gasteiger partial charge in [0, 0.05) is 0 Å². The van der Waals surface area contributed by atoms with Crippen molar-refractivity contribution in [1.82, 2.24) is 0 Å². The van der Waals surface area contributed by atoms with Crippen LogP contribution in [0.3, 0.4) is 0 Å². The fraction of sp³-hybridized carbons (Fsp3) is 0.647. The van der Waals surface area contributed by atoms with Gasteiger partial charge in [-0.3, -0.25) is 0 Å². The Morgan fingerprint density at radius 1 is 1.17 bits per heavy atom. The van der Waals surface area contributed by atoms with Crippen LogP contribution in [0.15, 0.2) is 24.3 Å². The van der Waals surface area contributed by atoms with Crippen LogP contribution in [0, 0.1) is 17.8 Å². The fourth-order valence-corrected chi connectivity index (χ4v) is 3.19. The van der Waals surface area contributed by atoms with E-state index in [0.29, 0.717) is 0 Å². The minimum absolute atomic E-state index is 0.864. The summed E-state index contributed by atoms with van der Waals surface area (Å²) in [6.07, 6.45) is 6.88. The molecular weight excluding hydrogens is 220 g/mol.